The summed E-state index contributed by atoms with van der Waals surface area (Å²) in [5, 5.41) is 4.58. The van der Waals surface area contributed by atoms with Gasteiger partial charge in [0.15, 0.2) is 5.78 Å². The molecule has 1 aromatic heterocycles. The number of carbonyl (C=O) groups is 1. The fourth-order valence-electron chi connectivity index (χ4n) is 2.69. The number of Topliss-reactive ketones (excluding diaryl/α,β-unsaturated/α-hetero) is 1. The van der Waals surface area contributed by atoms with Gasteiger partial charge in [0.25, 0.3) is 0 Å². The minimum absolute atomic E-state index is 0.0609. The highest BCUT2D eigenvalue weighted by Gasteiger charge is 2.19. The number of carbonyl (C=O) groups excluding carboxylic acids is 1. The van der Waals surface area contributed by atoms with Gasteiger partial charge in [0.2, 0.25) is 0 Å². The molecular weight excluding hydrogens is 267 g/mol. The maximum atomic E-state index is 13.2. The van der Waals surface area contributed by atoms with E-state index in [0.29, 0.717) is 6.54 Å². The zero-order valence-corrected chi connectivity index (χ0v) is 13.0. The Labute approximate surface area is 124 Å². The number of hydrogen-bond donors (Lipinski definition) is 0. The largest absolute Gasteiger partial charge is 0.294 e. The van der Waals surface area contributed by atoms with Gasteiger partial charge in [-0.15, -0.1) is 0 Å². The van der Waals surface area contributed by atoms with Crippen LogP contribution in [-0.2, 0) is 19.4 Å². The molecule has 0 aliphatic carbocycles. The Morgan fingerprint density at radius 3 is 2.52 bits per heavy atom. The fourth-order valence-corrected chi connectivity index (χ4v) is 2.69. The fraction of sp³-hybridized carbons (Fsp3) is 0.412. The Morgan fingerprint density at radius 2 is 2.00 bits per heavy atom. The van der Waals surface area contributed by atoms with Crippen LogP contribution in [0.3, 0.4) is 0 Å². The van der Waals surface area contributed by atoms with Crippen molar-refractivity contribution < 1.29 is 9.18 Å². The molecule has 1 heterocycles. The van der Waals surface area contributed by atoms with E-state index in [1.165, 1.54) is 12.1 Å². The molecule has 21 heavy (non-hydrogen) atoms. The van der Waals surface area contributed by atoms with E-state index in [9.17, 15) is 9.18 Å². The summed E-state index contributed by atoms with van der Waals surface area (Å²) in [6.07, 6.45) is 1.49. The Balaban J connectivity index is 2.46. The SMILES string of the molecule is CCc1nn(Cc2ccc(F)cc2C)c(CC)c1C(C)=O. The second kappa shape index (κ2) is 6.20. The number of nitrogens with zero attached hydrogens (tertiary/aromatic N) is 2. The lowest BCUT2D eigenvalue weighted by Gasteiger charge is -2.09. The van der Waals surface area contributed by atoms with E-state index >= 15 is 0 Å². The van der Waals surface area contributed by atoms with Gasteiger partial charge >= 0.3 is 0 Å². The van der Waals surface area contributed by atoms with Gasteiger partial charge in [-0.05, 0) is 49.9 Å². The lowest BCUT2D eigenvalue weighted by molar-refractivity contribution is 0.101. The molecule has 0 aliphatic rings. The standard InChI is InChI=1S/C17H21FN2O/c1-5-15-17(12(4)21)16(6-2)20(19-15)10-13-7-8-14(18)9-11(13)3/h7-9H,5-6,10H2,1-4H3. The van der Waals surface area contributed by atoms with E-state index in [2.05, 4.69) is 5.10 Å². The van der Waals surface area contributed by atoms with Gasteiger partial charge in [-0.2, -0.15) is 5.10 Å². The van der Waals surface area contributed by atoms with Crippen molar-refractivity contribution in [1.29, 1.82) is 0 Å². The molecule has 0 N–H and O–H groups in total. The lowest BCUT2D eigenvalue weighted by Crippen LogP contribution is -2.09. The molecule has 0 saturated carbocycles. The first-order chi connectivity index (χ1) is 9.97. The van der Waals surface area contributed by atoms with Crippen molar-refractivity contribution in [2.45, 2.75) is 47.1 Å². The number of hydrogen-bond acceptors (Lipinski definition) is 2. The van der Waals surface area contributed by atoms with E-state index < -0.39 is 0 Å². The lowest BCUT2D eigenvalue weighted by atomic mass is 10.1. The topological polar surface area (TPSA) is 34.9 Å². The summed E-state index contributed by atoms with van der Waals surface area (Å²) in [4.78, 5) is 11.9. The molecule has 112 valence electrons. The summed E-state index contributed by atoms with van der Waals surface area (Å²) in [6.45, 7) is 8.07. The van der Waals surface area contributed by atoms with E-state index in [1.54, 1.807) is 13.0 Å². The van der Waals surface area contributed by atoms with Gasteiger partial charge in [-0.1, -0.05) is 19.9 Å². The van der Waals surface area contributed by atoms with Crippen LogP contribution in [0.5, 0.6) is 0 Å². The summed E-state index contributed by atoms with van der Waals surface area (Å²) >= 11 is 0. The molecular formula is C17H21FN2O. The van der Waals surface area contributed by atoms with Gasteiger partial charge in [0.05, 0.1) is 17.8 Å². The molecule has 2 aromatic rings. The van der Waals surface area contributed by atoms with Gasteiger partial charge in [-0.3, -0.25) is 9.48 Å². The Hall–Kier alpha value is -1.97. The zero-order valence-electron chi connectivity index (χ0n) is 13.0. The quantitative estimate of drug-likeness (QED) is 0.786. The number of rotatable bonds is 5. The Bertz CT molecular complexity index is 674. The number of halogens is 1. The first-order valence-corrected chi connectivity index (χ1v) is 7.32. The van der Waals surface area contributed by atoms with Gasteiger partial charge < -0.3 is 0 Å². The highest BCUT2D eigenvalue weighted by atomic mass is 19.1. The van der Waals surface area contributed by atoms with E-state index in [0.717, 1.165) is 40.9 Å². The van der Waals surface area contributed by atoms with E-state index in [4.69, 9.17) is 0 Å². The van der Waals surface area contributed by atoms with Gasteiger partial charge in [-0.25, -0.2) is 4.39 Å². The van der Waals surface area contributed by atoms with Crippen LogP contribution >= 0.6 is 0 Å². The predicted octanol–water partition coefficient (Wildman–Crippen LogP) is 3.71. The summed E-state index contributed by atoms with van der Waals surface area (Å²) in [5.41, 5.74) is 4.48. The van der Waals surface area contributed by atoms with Crippen molar-refractivity contribution in [2.24, 2.45) is 0 Å². The van der Waals surface area contributed by atoms with Crippen LogP contribution in [0.2, 0.25) is 0 Å². The monoisotopic (exact) mass is 288 g/mol. The number of ketones is 1. The molecule has 0 radical (unpaired) electrons. The van der Waals surface area contributed by atoms with Crippen molar-refractivity contribution in [2.75, 3.05) is 0 Å². The van der Waals surface area contributed by atoms with Crippen molar-refractivity contribution in [1.82, 2.24) is 9.78 Å². The third kappa shape index (κ3) is 3.04. The van der Waals surface area contributed by atoms with E-state index in [1.807, 2.05) is 25.5 Å². The number of aromatic nitrogens is 2. The molecule has 1 aromatic carbocycles. The van der Waals surface area contributed by atoms with Gasteiger partial charge in [0, 0.05) is 5.69 Å². The summed E-state index contributed by atoms with van der Waals surface area (Å²) in [7, 11) is 0. The average molecular weight is 288 g/mol. The van der Waals surface area contributed by atoms with Crippen molar-refractivity contribution in [3.63, 3.8) is 0 Å². The second-order valence-corrected chi connectivity index (χ2v) is 5.26. The summed E-state index contributed by atoms with van der Waals surface area (Å²) < 4.78 is 15.1. The van der Waals surface area contributed by atoms with Crippen molar-refractivity contribution >= 4 is 5.78 Å². The number of benzene rings is 1. The molecule has 4 heteroatoms. The van der Waals surface area contributed by atoms with Crippen LogP contribution in [0, 0.1) is 12.7 Å². The molecule has 0 aliphatic heterocycles. The van der Waals surface area contributed by atoms with E-state index in [-0.39, 0.29) is 11.6 Å². The second-order valence-electron chi connectivity index (χ2n) is 5.26. The van der Waals surface area contributed by atoms with Crippen LogP contribution in [0.25, 0.3) is 0 Å². The van der Waals surface area contributed by atoms with Crippen LogP contribution in [0.15, 0.2) is 18.2 Å². The van der Waals surface area contributed by atoms with Crippen molar-refractivity contribution in [3.8, 4) is 0 Å². The Kier molecular flexibility index (Phi) is 4.56. The zero-order chi connectivity index (χ0) is 15.6. The Morgan fingerprint density at radius 1 is 1.29 bits per heavy atom. The molecule has 0 amide bonds. The van der Waals surface area contributed by atoms with Crippen LogP contribution in [0.1, 0.15) is 53.6 Å². The molecule has 0 atom stereocenters. The normalized spacial score (nSPS) is 10.9. The van der Waals surface area contributed by atoms with Crippen LogP contribution in [-0.4, -0.2) is 15.6 Å². The molecule has 3 nitrogen and oxygen atoms in total. The predicted molar refractivity (Wildman–Crippen MR) is 81.2 cm³/mol. The highest BCUT2D eigenvalue weighted by Crippen LogP contribution is 2.20. The molecule has 0 saturated heterocycles. The maximum absolute atomic E-state index is 13.2. The summed E-state index contributed by atoms with van der Waals surface area (Å²) in [6, 6.07) is 4.77. The molecule has 0 bridgehead atoms. The van der Waals surface area contributed by atoms with Crippen molar-refractivity contribution in [3.05, 3.63) is 52.1 Å². The summed E-state index contributed by atoms with van der Waals surface area (Å²) in [5.74, 6) is -0.170. The minimum Gasteiger partial charge on any atom is -0.294 e. The van der Waals surface area contributed by atoms with Crippen LogP contribution in [0.4, 0.5) is 4.39 Å². The molecule has 2 rings (SSSR count). The van der Waals surface area contributed by atoms with Gasteiger partial charge in [0.1, 0.15) is 5.82 Å². The third-order valence-corrected chi connectivity index (χ3v) is 3.78. The number of aryl methyl sites for hydroxylation is 2. The minimum atomic E-state index is -0.230. The maximum Gasteiger partial charge on any atom is 0.163 e. The first kappa shape index (κ1) is 15.4. The average Bonchev–Trinajstić information content (AvgIpc) is 2.79. The molecule has 0 unspecified atom stereocenters. The van der Waals surface area contributed by atoms with Crippen LogP contribution < -0.4 is 0 Å². The third-order valence-electron chi connectivity index (χ3n) is 3.78. The molecule has 0 fully saturated rings. The highest BCUT2D eigenvalue weighted by molar-refractivity contribution is 5.96. The first-order valence-electron chi connectivity index (χ1n) is 7.32. The smallest absolute Gasteiger partial charge is 0.163 e. The molecule has 0 spiro atoms.